The average molecular weight is 623 g/mol. The monoisotopic (exact) mass is 622 g/mol. The van der Waals surface area contributed by atoms with Crippen LogP contribution >= 0.6 is 23.1 Å². The zero-order valence-corrected chi connectivity index (χ0v) is 25.1. The Hall–Kier alpha value is -5.06. The molecule has 7 nitrogen and oxygen atoms in total. The molecular formula is C34H27FN4O3S2. The molecule has 1 aromatic heterocycles. The molecule has 0 aliphatic rings. The SMILES string of the molecule is CC(Sc1ccc(NC(=O)/C(=C/c2ccccc2)NC(=O)c2ccccc2)cc1)C(=O)Nc1nc(-c2ccc(F)cc2)cs1. The summed E-state index contributed by atoms with van der Waals surface area (Å²) in [6.45, 7) is 1.79. The van der Waals surface area contributed by atoms with Gasteiger partial charge in [0.1, 0.15) is 11.5 Å². The van der Waals surface area contributed by atoms with Gasteiger partial charge in [0.25, 0.3) is 11.8 Å². The van der Waals surface area contributed by atoms with Crippen molar-refractivity contribution in [1.29, 1.82) is 0 Å². The summed E-state index contributed by atoms with van der Waals surface area (Å²) in [4.78, 5) is 44.1. The summed E-state index contributed by atoms with van der Waals surface area (Å²) in [5.41, 5.74) is 3.24. The number of carbonyl (C=O) groups is 3. The minimum atomic E-state index is -0.477. The maximum absolute atomic E-state index is 13.2. The van der Waals surface area contributed by atoms with Gasteiger partial charge in [-0.2, -0.15) is 0 Å². The molecule has 3 N–H and O–H groups in total. The molecule has 3 amide bonds. The van der Waals surface area contributed by atoms with Crippen molar-refractivity contribution in [2.75, 3.05) is 10.6 Å². The van der Waals surface area contributed by atoms with Crippen molar-refractivity contribution in [2.45, 2.75) is 17.1 Å². The van der Waals surface area contributed by atoms with Gasteiger partial charge in [-0.3, -0.25) is 14.4 Å². The lowest BCUT2D eigenvalue weighted by Crippen LogP contribution is -2.30. The molecule has 5 rings (SSSR count). The zero-order valence-electron chi connectivity index (χ0n) is 23.5. The normalized spacial score (nSPS) is 11.8. The molecule has 1 atom stereocenters. The fourth-order valence-electron chi connectivity index (χ4n) is 4.02. The summed E-state index contributed by atoms with van der Waals surface area (Å²) in [7, 11) is 0. The highest BCUT2D eigenvalue weighted by atomic mass is 32.2. The third-order valence-electron chi connectivity index (χ3n) is 6.31. The van der Waals surface area contributed by atoms with Crippen LogP contribution in [0.4, 0.5) is 15.2 Å². The van der Waals surface area contributed by atoms with E-state index in [9.17, 15) is 18.8 Å². The summed E-state index contributed by atoms with van der Waals surface area (Å²) in [6.07, 6.45) is 1.62. The lowest BCUT2D eigenvalue weighted by Gasteiger charge is -2.13. The number of hydrogen-bond donors (Lipinski definition) is 3. The molecule has 4 aromatic carbocycles. The van der Waals surface area contributed by atoms with Gasteiger partial charge in [-0.1, -0.05) is 48.5 Å². The van der Waals surface area contributed by atoms with Crippen LogP contribution < -0.4 is 16.0 Å². The van der Waals surface area contributed by atoms with Crippen molar-refractivity contribution in [1.82, 2.24) is 10.3 Å². The van der Waals surface area contributed by atoms with Crippen molar-refractivity contribution in [3.05, 3.63) is 137 Å². The van der Waals surface area contributed by atoms with Crippen molar-refractivity contribution >= 4 is 57.7 Å². The highest BCUT2D eigenvalue weighted by molar-refractivity contribution is 8.00. The smallest absolute Gasteiger partial charge is 0.272 e. The Morgan fingerprint density at radius 1 is 0.841 bits per heavy atom. The molecule has 10 heteroatoms. The molecule has 0 saturated carbocycles. The van der Waals surface area contributed by atoms with E-state index in [-0.39, 0.29) is 17.4 Å². The van der Waals surface area contributed by atoms with Crippen LogP contribution in [0.25, 0.3) is 17.3 Å². The number of thiazole rings is 1. The van der Waals surface area contributed by atoms with E-state index in [0.717, 1.165) is 16.0 Å². The molecule has 220 valence electrons. The van der Waals surface area contributed by atoms with E-state index < -0.39 is 17.1 Å². The minimum absolute atomic E-state index is 0.0959. The van der Waals surface area contributed by atoms with Crippen molar-refractivity contribution in [3.8, 4) is 11.3 Å². The third-order valence-corrected chi connectivity index (χ3v) is 8.18. The molecule has 5 aromatic rings. The highest BCUT2D eigenvalue weighted by Gasteiger charge is 2.18. The van der Waals surface area contributed by atoms with E-state index in [4.69, 9.17) is 0 Å². The van der Waals surface area contributed by atoms with Crippen LogP contribution in [-0.4, -0.2) is 28.0 Å². The molecule has 0 radical (unpaired) electrons. The fraction of sp³-hybridized carbons (Fsp3) is 0.0588. The van der Waals surface area contributed by atoms with Gasteiger partial charge in [0.2, 0.25) is 5.91 Å². The molecular weight excluding hydrogens is 596 g/mol. The van der Waals surface area contributed by atoms with Gasteiger partial charge in [-0.15, -0.1) is 23.1 Å². The topological polar surface area (TPSA) is 100 Å². The van der Waals surface area contributed by atoms with Gasteiger partial charge < -0.3 is 16.0 Å². The van der Waals surface area contributed by atoms with Crippen LogP contribution in [0.3, 0.4) is 0 Å². The van der Waals surface area contributed by atoms with Gasteiger partial charge in [-0.25, -0.2) is 9.37 Å². The molecule has 0 aliphatic carbocycles. The molecule has 1 unspecified atom stereocenters. The maximum atomic E-state index is 13.2. The predicted octanol–water partition coefficient (Wildman–Crippen LogP) is 7.48. The zero-order chi connectivity index (χ0) is 30.9. The Balaban J connectivity index is 1.20. The van der Waals surface area contributed by atoms with Crippen molar-refractivity contribution in [2.24, 2.45) is 0 Å². The molecule has 0 saturated heterocycles. The Labute approximate surface area is 262 Å². The largest absolute Gasteiger partial charge is 0.321 e. The van der Waals surface area contributed by atoms with Crippen LogP contribution in [0, 0.1) is 5.82 Å². The number of nitrogens with one attached hydrogen (secondary N) is 3. The number of carbonyl (C=O) groups excluding carboxylic acids is 3. The summed E-state index contributed by atoms with van der Waals surface area (Å²) < 4.78 is 13.2. The van der Waals surface area contributed by atoms with Gasteiger partial charge in [-0.05, 0) is 79.2 Å². The number of halogens is 1. The van der Waals surface area contributed by atoms with E-state index in [1.54, 1.807) is 66.9 Å². The number of hydrogen-bond acceptors (Lipinski definition) is 6. The summed E-state index contributed by atoms with van der Waals surface area (Å²) in [5.74, 6) is -1.41. The quantitative estimate of drug-likeness (QED) is 0.111. The first-order valence-corrected chi connectivity index (χ1v) is 15.3. The van der Waals surface area contributed by atoms with Crippen LogP contribution in [-0.2, 0) is 9.59 Å². The number of aromatic nitrogens is 1. The van der Waals surface area contributed by atoms with E-state index in [1.807, 2.05) is 48.5 Å². The Morgan fingerprint density at radius 2 is 1.50 bits per heavy atom. The fourth-order valence-corrected chi connectivity index (χ4v) is 5.61. The van der Waals surface area contributed by atoms with E-state index in [0.29, 0.717) is 22.1 Å². The van der Waals surface area contributed by atoms with Gasteiger partial charge in [0.05, 0.1) is 10.9 Å². The third kappa shape index (κ3) is 8.27. The molecule has 0 aliphatic heterocycles. The Bertz CT molecular complexity index is 1780. The lowest BCUT2D eigenvalue weighted by atomic mass is 10.1. The molecule has 1 heterocycles. The predicted molar refractivity (Wildman–Crippen MR) is 175 cm³/mol. The van der Waals surface area contributed by atoms with Gasteiger partial charge in [0, 0.05) is 27.1 Å². The number of anilines is 2. The number of benzene rings is 4. The van der Waals surface area contributed by atoms with E-state index >= 15 is 0 Å². The Morgan fingerprint density at radius 3 is 2.18 bits per heavy atom. The second-order valence-electron chi connectivity index (χ2n) is 9.56. The summed E-state index contributed by atoms with van der Waals surface area (Å²) in [5, 5.41) is 10.2. The van der Waals surface area contributed by atoms with Crippen LogP contribution in [0.1, 0.15) is 22.8 Å². The number of nitrogens with zero attached hydrogens (tertiary/aromatic N) is 1. The summed E-state index contributed by atoms with van der Waals surface area (Å²) >= 11 is 2.66. The first-order valence-electron chi connectivity index (χ1n) is 13.6. The Kier molecular flexibility index (Phi) is 9.96. The van der Waals surface area contributed by atoms with Gasteiger partial charge in [0.15, 0.2) is 5.13 Å². The van der Waals surface area contributed by atoms with Crippen LogP contribution in [0.5, 0.6) is 0 Å². The first-order chi connectivity index (χ1) is 21.3. The van der Waals surface area contributed by atoms with Crippen LogP contribution in [0.2, 0.25) is 0 Å². The van der Waals surface area contributed by atoms with E-state index in [1.165, 1.54) is 35.2 Å². The molecule has 0 bridgehead atoms. The molecule has 44 heavy (non-hydrogen) atoms. The molecule has 0 spiro atoms. The number of rotatable bonds is 10. The average Bonchev–Trinajstić information content (AvgIpc) is 3.51. The highest BCUT2D eigenvalue weighted by Crippen LogP contribution is 2.28. The second kappa shape index (κ2) is 14.4. The van der Waals surface area contributed by atoms with Crippen LogP contribution in [0.15, 0.2) is 125 Å². The maximum Gasteiger partial charge on any atom is 0.272 e. The number of thioether (sulfide) groups is 1. The lowest BCUT2D eigenvalue weighted by molar-refractivity contribution is -0.115. The number of amides is 3. The second-order valence-corrected chi connectivity index (χ2v) is 11.8. The summed E-state index contributed by atoms with van der Waals surface area (Å²) in [6, 6.07) is 31.0. The van der Waals surface area contributed by atoms with Crippen molar-refractivity contribution < 1.29 is 18.8 Å². The first kappa shape index (κ1) is 30.4. The van der Waals surface area contributed by atoms with Crippen molar-refractivity contribution in [3.63, 3.8) is 0 Å². The molecule has 0 fully saturated rings. The van der Waals surface area contributed by atoms with E-state index in [2.05, 4.69) is 20.9 Å². The van der Waals surface area contributed by atoms with Gasteiger partial charge >= 0.3 is 0 Å². The standard InChI is InChI=1S/C34H27FN4O3S2/c1-22(31(40)39-34-38-30(21-43-34)24-12-14-26(35)15-13-24)44-28-18-16-27(17-19-28)36-33(42)29(20-23-8-4-2-5-9-23)37-32(41)25-10-6-3-7-11-25/h2-22H,1H3,(H,36,42)(H,37,41)(H,38,39,40)/b29-20-. The minimum Gasteiger partial charge on any atom is -0.321 e.